The highest BCUT2D eigenvalue weighted by molar-refractivity contribution is 5.78. The molecule has 26 heavy (non-hydrogen) atoms. The van der Waals surface area contributed by atoms with E-state index < -0.39 is 0 Å². The largest absolute Gasteiger partial charge is 0.497 e. The molecule has 3 rings (SSSR count). The smallest absolute Gasteiger partial charge is 0.227 e. The van der Waals surface area contributed by atoms with E-state index in [1.165, 1.54) is 0 Å². The molecule has 0 saturated carbocycles. The average Bonchev–Trinajstić information content (AvgIpc) is 3.03. The van der Waals surface area contributed by atoms with Crippen molar-refractivity contribution in [3.05, 3.63) is 71.6 Å². The van der Waals surface area contributed by atoms with Crippen molar-refractivity contribution < 1.29 is 13.9 Å². The molecule has 0 aliphatic rings. The third-order valence-corrected chi connectivity index (χ3v) is 4.10. The summed E-state index contributed by atoms with van der Waals surface area (Å²) in [5.74, 6) is 1.89. The van der Waals surface area contributed by atoms with E-state index >= 15 is 0 Å². The van der Waals surface area contributed by atoms with Crippen LogP contribution in [0, 0.1) is 6.92 Å². The fourth-order valence-corrected chi connectivity index (χ4v) is 2.68. The number of carbonyl (C=O) groups excluding carboxylic acids is 1. The number of aryl methyl sites for hydroxylation is 1. The molecule has 1 amide bonds. The molecule has 0 aliphatic carbocycles. The number of ether oxygens (including phenoxy) is 1. The summed E-state index contributed by atoms with van der Waals surface area (Å²) in [6.07, 6.45) is 0.928. The van der Waals surface area contributed by atoms with Gasteiger partial charge in [0.1, 0.15) is 11.5 Å². The standard InChI is InChI=1S/C21H22N2O3/c1-15-19(26-21(23-15)17-8-4-3-5-9-17)14-20(24)22-12-11-16-7-6-10-18(13-16)25-2/h3-10,13H,11-12,14H2,1-2H3,(H,22,24). The average molecular weight is 350 g/mol. The van der Waals surface area contributed by atoms with Crippen molar-refractivity contribution in [3.63, 3.8) is 0 Å². The second-order valence-corrected chi connectivity index (χ2v) is 6.02. The minimum atomic E-state index is -0.0771. The van der Waals surface area contributed by atoms with Gasteiger partial charge in [0.15, 0.2) is 0 Å². The Morgan fingerprint density at radius 2 is 1.96 bits per heavy atom. The summed E-state index contributed by atoms with van der Waals surface area (Å²) in [6.45, 7) is 2.42. The molecule has 2 aromatic carbocycles. The van der Waals surface area contributed by atoms with Crippen LogP contribution in [0.15, 0.2) is 59.0 Å². The Morgan fingerprint density at radius 3 is 2.73 bits per heavy atom. The van der Waals surface area contributed by atoms with Crippen molar-refractivity contribution in [2.75, 3.05) is 13.7 Å². The Morgan fingerprint density at radius 1 is 1.15 bits per heavy atom. The number of hydrogen-bond acceptors (Lipinski definition) is 4. The molecule has 3 aromatic rings. The first-order valence-electron chi connectivity index (χ1n) is 8.57. The molecule has 0 radical (unpaired) electrons. The van der Waals surface area contributed by atoms with E-state index in [0.29, 0.717) is 18.2 Å². The molecule has 0 unspecified atom stereocenters. The van der Waals surface area contributed by atoms with Crippen LogP contribution >= 0.6 is 0 Å². The Balaban J connectivity index is 1.54. The lowest BCUT2D eigenvalue weighted by molar-refractivity contribution is -0.120. The van der Waals surface area contributed by atoms with Crippen LogP contribution < -0.4 is 10.1 Å². The maximum atomic E-state index is 12.2. The molecule has 0 atom stereocenters. The molecule has 0 spiro atoms. The van der Waals surface area contributed by atoms with E-state index in [9.17, 15) is 4.79 Å². The summed E-state index contributed by atoms with van der Waals surface area (Å²) >= 11 is 0. The van der Waals surface area contributed by atoms with Gasteiger partial charge < -0.3 is 14.5 Å². The number of hydrogen-bond donors (Lipinski definition) is 1. The summed E-state index contributed by atoms with van der Waals surface area (Å²) in [4.78, 5) is 16.6. The molecular weight excluding hydrogens is 328 g/mol. The summed E-state index contributed by atoms with van der Waals surface area (Å²) in [6, 6.07) is 17.5. The zero-order valence-electron chi connectivity index (χ0n) is 15.0. The maximum Gasteiger partial charge on any atom is 0.227 e. The van der Waals surface area contributed by atoms with Gasteiger partial charge in [0.2, 0.25) is 11.8 Å². The first-order valence-corrected chi connectivity index (χ1v) is 8.57. The minimum absolute atomic E-state index is 0.0771. The van der Waals surface area contributed by atoms with Crippen LogP contribution in [0.4, 0.5) is 0 Å². The predicted molar refractivity (Wildman–Crippen MR) is 100 cm³/mol. The van der Waals surface area contributed by atoms with Gasteiger partial charge in [-0.05, 0) is 43.2 Å². The minimum Gasteiger partial charge on any atom is -0.497 e. The Kier molecular flexibility index (Phi) is 5.69. The first-order chi connectivity index (χ1) is 12.7. The van der Waals surface area contributed by atoms with E-state index in [0.717, 1.165) is 29.0 Å². The second-order valence-electron chi connectivity index (χ2n) is 6.02. The molecular formula is C21H22N2O3. The molecule has 5 heteroatoms. The van der Waals surface area contributed by atoms with Crippen molar-refractivity contribution in [2.45, 2.75) is 19.8 Å². The monoisotopic (exact) mass is 350 g/mol. The topological polar surface area (TPSA) is 64.4 Å². The van der Waals surface area contributed by atoms with Gasteiger partial charge in [-0.25, -0.2) is 4.98 Å². The number of benzene rings is 2. The third-order valence-electron chi connectivity index (χ3n) is 4.10. The van der Waals surface area contributed by atoms with Crippen molar-refractivity contribution in [1.29, 1.82) is 0 Å². The van der Waals surface area contributed by atoms with Crippen molar-refractivity contribution in [1.82, 2.24) is 10.3 Å². The quantitative estimate of drug-likeness (QED) is 0.708. The van der Waals surface area contributed by atoms with Gasteiger partial charge in [-0.3, -0.25) is 4.79 Å². The SMILES string of the molecule is COc1cccc(CCNC(=O)Cc2oc(-c3ccccc3)nc2C)c1. The van der Waals surface area contributed by atoms with Crippen LogP contribution in [-0.2, 0) is 17.6 Å². The number of methoxy groups -OCH3 is 1. The molecule has 0 bridgehead atoms. The van der Waals surface area contributed by atoms with Gasteiger partial charge in [0, 0.05) is 12.1 Å². The molecule has 1 N–H and O–H groups in total. The number of aromatic nitrogens is 1. The van der Waals surface area contributed by atoms with Crippen LogP contribution in [0.3, 0.4) is 0 Å². The molecule has 5 nitrogen and oxygen atoms in total. The number of oxazole rings is 1. The van der Waals surface area contributed by atoms with Gasteiger partial charge in [-0.15, -0.1) is 0 Å². The number of nitrogens with one attached hydrogen (secondary N) is 1. The van der Waals surface area contributed by atoms with Crippen LogP contribution in [0.1, 0.15) is 17.0 Å². The van der Waals surface area contributed by atoms with Gasteiger partial charge >= 0.3 is 0 Å². The Labute approximate surface area is 153 Å². The number of rotatable bonds is 7. The van der Waals surface area contributed by atoms with E-state index in [-0.39, 0.29) is 12.3 Å². The summed E-state index contributed by atoms with van der Waals surface area (Å²) < 4.78 is 11.0. The van der Waals surface area contributed by atoms with Gasteiger partial charge in [0.25, 0.3) is 0 Å². The van der Waals surface area contributed by atoms with Crippen molar-refractivity contribution in [3.8, 4) is 17.2 Å². The fraction of sp³-hybridized carbons (Fsp3) is 0.238. The van der Waals surface area contributed by atoms with E-state index in [4.69, 9.17) is 9.15 Å². The highest BCUT2D eigenvalue weighted by atomic mass is 16.5. The van der Waals surface area contributed by atoms with Crippen LogP contribution in [0.5, 0.6) is 5.75 Å². The van der Waals surface area contributed by atoms with Crippen LogP contribution in [0.2, 0.25) is 0 Å². The van der Waals surface area contributed by atoms with Gasteiger partial charge in [-0.1, -0.05) is 30.3 Å². The Bertz CT molecular complexity index is 872. The summed E-state index contributed by atoms with van der Waals surface area (Å²) in [5, 5.41) is 2.93. The summed E-state index contributed by atoms with van der Waals surface area (Å²) in [5.41, 5.74) is 2.76. The van der Waals surface area contributed by atoms with Crippen molar-refractivity contribution >= 4 is 5.91 Å². The lowest BCUT2D eigenvalue weighted by Crippen LogP contribution is -2.27. The van der Waals surface area contributed by atoms with Crippen molar-refractivity contribution in [2.24, 2.45) is 0 Å². The van der Waals surface area contributed by atoms with Crippen LogP contribution in [-0.4, -0.2) is 24.5 Å². The fourth-order valence-electron chi connectivity index (χ4n) is 2.68. The maximum absolute atomic E-state index is 12.2. The van der Waals surface area contributed by atoms with E-state index in [1.54, 1.807) is 7.11 Å². The second kappa shape index (κ2) is 8.34. The Hall–Kier alpha value is -3.08. The van der Waals surface area contributed by atoms with E-state index in [2.05, 4.69) is 10.3 Å². The van der Waals surface area contributed by atoms with Crippen LogP contribution in [0.25, 0.3) is 11.5 Å². The third kappa shape index (κ3) is 4.51. The number of nitrogens with zero attached hydrogens (tertiary/aromatic N) is 1. The lowest BCUT2D eigenvalue weighted by Gasteiger charge is -2.06. The number of amides is 1. The molecule has 134 valence electrons. The molecule has 0 saturated heterocycles. The molecule has 0 aliphatic heterocycles. The number of carbonyl (C=O) groups is 1. The predicted octanol–water partition coefficient (Wildman–Crippen LogP) is 3.56. The van der Waals surface area contributed by atoms with Gasteiger partial charge in [-0.2, -0.15) is 0 Å². The first kappa shape index (κ1) is 17.7. The van der Waals surface area contributed by atoms with Gasteiger partial charge in [0.05, 0.1) is 19.2 Å². The van der Waals surface area contributed by atoms with E-state index in [1.807, 2.05) is 61.5 Å². The zero-order chi connectivity index (χ0) is 18.4. The summed E-state index contributed by atoms with van der Waals surface area (Å²) in [7, 11) is 1.64. The highest BCUT2D eigenvalue weighted by Gasteiger charge is 2.14. The normalized spacial score (nSPS) is 10.5. The molecule has 0 fully saturated rings. The lowest BCUT2D eigenvalue weighted by atomic mass is 10.1. The molecule has 1 aromatic heterocycles. The highest BCUT2D eigenvalue weighted by Crippen LogP contribution is 2.21. The zero-order valence-corrected chi connectivity index (χ0v) is 15.0. The molecule has 1 heterocycles.